The normalized spacial score (nSPS) is 12.2. The van der Waals surface area contributed by atoms with Gasteiger partial charge in [-0.15, -0.1) is 0 Å². The van der Waals surface area contributed by atoms with E-state index < -0.39 is 23.3 Å². The van der Waals surface area contributed by atoms with Gasteiger partial charge in [-0.1, -0.05) is 6.07 Å². The van der Waals surface area contributed by atoms with E-state index in [4.69, 9.17) is 5.11 Å². The lowest BCUT2D eigenvalue weighted by atomic mass is 10.1. The van der Waals surface area contributed by atoms with Gasteiger partial charge in [0.1, 0.15) is 0 Å². The van der Waals surface area contributed by atoms with Gasteiger partial charge in [0.15, 0.2) is 0 Å². The van der Waals surface area contributed by atoms with E-state index in [1.807, 2.05) is 0 Å². The van der Waals surface area contributed by atoms with Gasteiger partial charge in [0.05, 0.1) is 17.7 Å². The summed E-state index contributed by atoms with van der Waals surface area (Å²) < 4.78 is 37.7. The quantitative estimate of drug-likeness (QED) is 0.899. The third kappa shape index (κ3) is 3.86. The SMILES string of the molecule is CN(C(=O)Nc1cccc(C(F)(F)F)c1)C(C)(C)CO. The van der Waals surface area contributed by atoms with Crippen molar-refractivity contribution in [1.29, 1.82) is 0 Å². The van der Waals surface area contributed by atoms with Gasteiger partial charge in [0.2, 0.25) is 0 Å². The maximum absolute atomic E-state index is 12.6. The van der Waals surface area contributed by atoms with Gasteiger partial charge in [0, 0.05) is 12.7 Å². The Labute approximate surface area is 115 Å². The molecule has 0 aliphatic heterocycles. The second-order valence-electron chi connectivity index (χ2n) is 5.04. The summed E-state index contributed by atoms with van der Waals surface area (Å²) in [5.74, 6) is 0. The number of halogens is 3. The minimum atomic E-state index is -4.46. The molecule has 0 aliphatic carbocycles. The van der Waals surface area contributed by atoms with Crippen LogP contribution in [0.5, 0.6) is 0 Å². The highest BCUT2D eigenvalue weighted by Gasteiger charge is 2.31. The summed E-state index contributed by atoms with van der Waals surface area (Å²) in [5.41, 5.74) is -1.60. The molecule has 0 atom stereocenters. The third-order valence-corrected chi connectivity index (χ3v) is 3.04. The molecular weight excluding hydrogens is 273 g/mol. The number of aliphatic hydroxyl groups excluding tert-OH is 1. The number of likely N-dealkylation sites (N-methyl/N-ethyl adjacent to an activating group) is 1. The van der Waals surface area contributed by atoms with Crippen LogP contribution in [0.3, 0.4) is 0 Å². The third-order valence-electron chi connectivity index (χ3n) is 3.04. The molecule has 112 valence electrons. The molecule has 2 N–H and O–H groups in total. The van der Waals surface area contributed by atoms with E-state index in [1.54, 1.807) is 13.8 Å². The Bertz CT molecular complexity index is 487. The van der Waals surface area contributed by atoms with E-state index in [2.05, 4.69) is 5.32 Å². The molecule has 7 heteroatoms. The van der Waals surface area contributed by atoms with E-state index in [0.29, 0.717) is 0 Å². The van der Waals surface area contributed by atoms with Crippen LogP contribution in [0, 0.1) is 0 Å². The van der Waals surface area contributed by atoms with E-state index in [-0.39, 0.29) is 12.3 Å². The van der Waals surface area contributed by atoms with Crippen molar-refractivity contribution in [2.24, 2.45) is 0 Å². The Morgan fingerprint density at radius 1 is 1.35 bits per heavy atom. The number of alkyl halides is 3. The number of urea groups is 1. The van der Waals surface area contributed by atoms with Gasteiger partial charge in [-0.3, -0.25) is 0 Å². The van der Waals surface area contributed by atoms with Crippen LogP contribution in [0.4, 0.5) is 23.7 Å². The number of anilines is 1. The van der Waals surface area contributed by atoms with Gasteiger partial charge in [-0.05, 0) is 32.0 Å². The van der Waals surface area contributed by atoms with Crippen LogP contribution in [-0.4, -0.2) is 35.2 Å². The fourth-order valence-corrected chi connectivity index (χ4v) is 1.36. The highest BCUT2D eigenvalue weighted by Crippen LogP contribution is 2.30. The van der Waals surface area contributed by atoms with E-state index >= 15 is 0 Å². The van der Waals surface area contributed by atoms with Crippen LogP contribution >= 0.6 is 0 Å². The van der Waals surface area contributed by atoms with Crippen molar-refractivity contribution in [2.45, 2.75) is 25.6 Å². The highest BCUT2D eigenvalue weighted by atomic mass is 19.4. The van der Waals surface area contributed by atoms with Crippen molar-refractivity contribution in [1.82, 2.24) is 4.90 Å². The Hall–Kier alpha value is -1.76. The second kappa shape index (κ2) is 5.70. The molecule has 1 aromatic carbocycles. The lowest BCUT2D eigenvalue weighted by molar-refractivity contribution is -0.137. The zero-order valence-electron chi connectivity index (χ0n) is 11.5. The number of rotatable bonds is 3. The molecule has 0 aromatic heterocycles. The van der Waals surface area contributed by atoms with E-state index in [0.717, 1.165) is 12.1 Å². The summed E-state index contributed by atoms with van der Waals surface area (Å²) in [7, 11) is 1.46. The van der Waals surface area contributed by atoms with Crippen LogP contribution in [0.1, 0.15) is 19.4 Å². The first-order valence-corrected chi connectivity index (χ1v) is 5.91. The number of carbonyl (C=O) groups is 1. The largest absolute Gasteiger partial charge is 0.416 e. The Balaban J connectivity index is 2.87. The maximum atomic E-state index is 12.6. The topological polar surface area (TPSA) is 52.6 Å². The van der Waals surface area contributed by atoms with Crippen molar-refractivity contribution in [3.63, 3.8) is 0 Å². The average molecular weight is 290 g/mol. The summed E-state index contributed by atoms with van der Waals surface area (Å²) in [4.78, 5) is 13.1. The zero-order chi connectivity index (χ0) is 15.6. The minimum Gasteiger partial charge on any atom is -0.394 e. The van der Waals surface area contributed by atoms with Gasteiger partial charge in [-0.25, -0.2) is 4.79 Å². The first kappa shape index (κ1) is 16.3. The Kier molecular flexibility index (Phi) is 4.65. The van der Waals surface area contributed by atoms with Gasteiger partial charge in [-0.2, -0.15) is 13.2 Å². The predicted octanol–water partition coefficient (Wildman–Crippen LogP) is 2.94. The molecule has 0 saturated heterocycles. The number of aliphatic hydroxyl groups is 1. The molecule has 0 fully saturated rings. The fraction of sp³-hybridized carbons (Fsp3) is 0.462. The standard InChI is InChI=1S/C13H17F3N2O2/c1-12(2,8-19)18(3)11(20)17-10-6-4-5-9(7-10)13(14,15)16/h4-7,19H,8H2,1-3H3,(H,17,20). The van der Waals surface area contributed by atoms with Crippen molar-refractivity contribution in [3.8, 4) is 0 Å². The first-order chi connectivity index (χ1) is 9.08. The number of hydrogen-bond acceptors (Lipinski definition) is 2. The van der Waals surface area contributed by atoms with Crippen molar-refractivity contribution in [3.05, 3.63) is 29.8 Å². The minimum absolute atomic E-state index is 0.0467. The molecule has 0 heterocycles. The van der Waals surface area contributed by atoms with E-state index in [1.165, 1.54) is 24.1 Å². The highest BCUT2D eigenvalue weighted by molar-refractivity contribution is 5.89. The molecule has 0 aliphatic rings. The number of hydrogen-bond donors (Lipinski definition) is 2. The smallest absolute Gasteiger partial charge is 0.394 e. The zero-order valence-corrected chi connectivity index (χ0v) is 11.5. The summed E-state index contributed by atoms with van der Waals surface area (Å²) >= 11 is 0. The lowest BCUT2D eigenvalue weighted by Gasteiger charge is -2.33. The molecule has 4 nitrogen and oxygen atoms in total. The summed E-state index contributed by atoms with van der Waals surface area (Å²) in [5, 5.41) is 11.5. The van der Waals surface area contributed by atoms with Crippen molar-refractivity contribution in [2.75, 3.05) is 19.0 Å². The number of nitrogens with one attached hydrogen (secondary N) is 1. The maximum Gasteiger partial charge on any atom is 0.416 e. The number of carbonyl (C=O) groups excluding carboxylic acids is 1. The summed E-state index contributed by atoms with van der Waals surface area (Å²) in [6.07, 6.45) is -4.46. The second-order valence-corrected chi connectivity index (χ2v) is 5.04. The molecule has 1 aromatic rings. The Morgan fingerprint density at radius 3 is 2.45 bits per heavy atom. The number of nitrogens with zero attached hydrogens (tertiary/aromatic N) is 1. The molecular formula is C13H17F3N2O2. The van der Waals surface area contributed by atoms with Crippen molar-refractivity contribution < 1.29 is 23.1 Å². The molecule has 20 heavy (non-hydrogen) atoms. The monoisotopic (exact) mass is 290 g/mol. The lowest BCUT2D eigenvalue weighted by Crippen LogP contribution is -2.49. The van der Waals surface area contributed by atoms with Crippen LogP contribution < -0.4 is 5.32 Å². The first-order valence-electron chi connectivity index (χ1n) is 5.91. The van der Waals surface area contributed by atoms with Crippen LogP contribution in [0.25, 0.3) is 0 Å². The molecule has 1 rings (SSSR count). The Morgan fingerprint density at radius 2 is 1.95 bits per heavy atom. The van der Waals surface area contributed by atoms with E-state index in [9.17, 15) is 18.0 Å². The van der Waals surface area contributed by atoms with Crippen LogP contribution in [0.15, 0.2) is 24.3 Å². The number of benzene rings is 1. The summed E-state index contributed by atoms with van der Waals surface area (Å²) in [6, 6.07) is 3.78. The molecule has 0 saturated carbocycles. The summed E-state index contributed by atoms with van der Waals surface area (Å²) in [6.45, 7) is 3.01. The molecule has 0 spiro atoms. The molecule has 2 amide bonds. The van der Waals surface area contributed by atoms with Gasteiger partial charge >= 0.3 is 12.2 Å². The van der Waals surface area contributed by atoms with Gasteiger partial charge in [0.25, 0.3) is 0 Å². The van der Waals surface area contributed by atoms with Crippen LogP contribution in [0.2, 0.25) is 0 Å². The van der Waals surface area contributed by atoms with Crippen molar-refractivity contribution >= 4 is 11.7 Å². The molecule has 0 radical (unpaired) electrons. The predicted molar refractivity (Wildman–Crippen MR) is 69.4 cm³/mol. The van der Waals surface area contributed by atoms with Gasteiger partial charge < -0.3 is 15.3 Å². The van der Waals surface area contributed by atoms with Crippen LogP contribution in [-0.2, 0) is 6.18 Å². The molecule has 0 bridgehead atoms. The molecule has 0 unspecified atom stereocenters. The average Bonchev–Trinajstić information content (AvgIpc) is 2.37. The number of amides is 2. The fourth-order valence-electron chi connectivity index (χ4n) is 1.36.